The number of aryl methyl sites for hydroxylation is 1. The smallest absolute Gasteiger partial charge is 0.161 e. The van der Waals surface area contributed by atoms with Crippen molar-refractivity contribution in [2.75, 3.05) is 19.8 Å². The fourth-order valence-electron chi connectivity index (χ4n) is 3.29. The molecule has 1 unspecified atom stereocenters. The second kappa shape index (κ2) is 7.05. The van der Waals surface area contributed by atoms with Crippen LogP contribution >= 0.6 is 0 Å². The molecule has 3 heteroatoms. The van der Waals surface area contributed by atoms with E-state index in [-0.39, 0.29) is 6.04 Å². The van der Waals surface area contributed by atoms with Crippen molar-refractivity contribution in [3.63, 3.8) is 0 Å². The Morgan fingerprint density at radius 3 is 2.39 bits per heavy atom. The molecule has 0 radical (unpaired) electrons. The number of rotatable bonds is 5. The molecule has 0 saturated heterocycles. The van der Waals surface area contributed by atoms with Gasteiger partial charge in [-0.05, 0) is 61.6 Å². The fraction of sp³-hybridized carbons (Fsp3) is 0.400. The van der Waals surface area contributed by atoms with Gasteiger partial charge < -0.3 is 14.8 Å². The molecule has 2 aromatic carbocycles. The summed E-state index contributed by atoms with van der Waals surface area (Å²) in [5.41, 5.74) is 5.30. The molecule has 1 aliphatic rings. The number of benzene rings is 2. The molecule has 2 aromatic rings. The fourth-order valence-corrected chi connectivity index (χ4v) is 3.29. The highest BCUT2D eigenvalue weighted by atomic mass is 16.5. The average Bonchev–Trinajstić information content (AvgIpc) is 2.56. The van der Waals surface area contributed by atoms with E-state index < -0.39 is 0 Å². The molecule has 3 nitrogen and oxygen atoms in total. The van der Waals surface area contributed by atoms with E-state index in [2.05, 4.69) is 48.6 Å². The first-order chi connectivity index (χ1) is 11.2. The van der Waals surface area contributed by atoms with Gasteiger partial charge in [-0.15, -0.1) is 0 Å². The molecule has 122 valence electrons. The molecule has 0 aliphatic carbocycles. The minimum atomic E-state index is 0.217. The number of nitrogens with one attached hydrogen (secondary N) is 1. The Bertz CT molecular complexity index is 681. The van der Waals surface area contributed by atoms with Crippen molar-refractivity contribution in [2.24, 2.45) is 0 Å². The Balaban J connectivity index is 2.07. The maximum absolute atomic E-state index is 5.82. The molecular formula is C20H25NO2. The molecule has 0 amide bonds. The van der Waals surface area contributed by atoms with Crippen LogP contribution in [0.15, 0.2) is 36.4 Å². The van der Waals surface area contributed by atoms with Crippen molar-refractivity contribution in [3.8, 4) is 11.5 Å². The lowest BCUT2D eigenvalue weighted by Crippen LogP contribution is -2.31. The van der Waals surface area contributed by atoms with Crippen LogP contribution in [0.1, 0.15) is 42.1 Å². The first kappa shape index (κ1) is 15.9. The van der Waals surface area contributed by atoms with Gasteiger partial charge in [-0.1, -0.05) is 24.3 Å². The predicted molar refractivity (Wildman–Crippen MR) is 93.5 cm³/mol. The Morgan fingerprint density at radius 2 is 1.70 bits per heavy atom. The summed E-state index contributed by atoms with van der Waals surface area (Å²) in [5, 5.41) is 3.66. The summed E-state index contributed by atoms with van der Waals surface area (Å²) in [6.07, 6.45) is 1.02. The summed E-state index contributed by atoms with van der Waals surface area (Å²) in [4.78, 5) is 0. The van der Waals surface area contributed by atoms with Gasteiger partial charge in [-0.3, -0.25) is 0 Å². The molecule has 0 bridgehead atoms. The number of fused-ring (bicyclic) bond motifs is 1. The Hall–Kier alpha value is -2.00. The third kappa shape index (κ3) is 3.20. The van der Waals surface area contributed by atoms with Gasteiger partial charge in [-0.2, -0.15) is 0 Å². The van der Waals surface area contributed by atoms with Crippen LogP contribution in [0.5, 0.6) is 11.5 Å². The molecule has 1 heterocycles. The van der Waals surface area contributed by atoms with Gasteiger partial charge in [0.25, 0.3) is 0 Å². The molecule has 0 fully saturated rings. The molecule has 3 rings (SSSR count). The van der Waals surface area contributed by atoms with Gasteiger partial charge in [-0.25, -0.2) is 0 Å². The molecule has 1 atom stereocenters. The summed E-state index contributed by atoms with van der Waals surface area (Å²) < 4.78 is 11.6. The lowest BCUT2D eigenvalue weighted by Gasteiger charge is -2.29. The van der Waals surface area contributed by atoms with Crippen LogP contribution in [-0.4, -0.2) is 19.8 Å². The zero-order chi connectivity index (χ0) is 16.2. The maximum Gasteiger partial charge on any atom is 0.161 e. The van der Waals surface area contributed by atoms with Gasteiger partial charge in [0.15, 0.2) is 11.5 Å². The zero-order valence-electron chi connectivity index (χ0n) is 14.2. The average molecular weight is 311 g/mol. The Labute approximate surface area is 138 Å². The predicted octanol–water partition coefficient (Wildman–Crippen LogP) is 4.03. The molecule has 1 aliphatic heterocycles. The SMILES string of the molecule is CCOc1cc2c(cc1OCC)C(c1ccccc1C)NCC2. The van der Waals surface area contributed by atoms with E-state index in [1.165, 1.54) is 22.3 Å². The van der Waals surface area contributed by atoms with Crippen molar-refractivity contribution < 1.29 is 9.47 Å². The van der Waals surface area contributed by atoms with Crippen LogP contribution in [0.3, 0.4) is 0 Å². The van der Waals surface area contributed by atoms with Gasteiger partial charge in [0.05, 0.1) is 19.3 Å². The van der Waals surface area contributed by atoms with E-state index in [4.69, 9.17) is 9.47 Å². The zero-order valence-corrected chi connectivity index (χ0v) is 14.2. The molecule has 0 spiro atoms. The van der Waals surface area contributed by atoms with Crippen molar-refractivity contribution in [2.45, 2.75) is 33.2 Å². The van der Waals surface area contributed by atoms with E-state index in [1.54, 1.807) is 0 Å². The lowest BCUT2D eigenvalue weighted by atomic mass is 9.87. The topological polar surface area (TPSA) is 30.5 Å². The van der Waals surface area contributed by atoms with Crippen LogP contribution in [-0.2, 0) is 6.42 Å². The maximum atomic E-state index is 5.82. The van der Waals surface area contributed by atoms with E-state index in [9.17, 15) is 0 Å². The van der Waals surface area contributed by atoms with E-state index in [0.717, 1.165) is 24.5 Å². The first-order valence-electron chi connectivity index (χ1n) is 8.45. The minimum Gasteiger partial charge on any atom is -0.490 e. The third-order valence-electron chi connectivity index (χ3n) is 4.36. The molecule has 1 N–H and O–H groups in total. The summed E-state index contributed by atoms with van der Waals surface area (Å²) in [6.45, 7) is 8.45. The van der Waals surface area contributed by atoms with Crippen LogP contribution in [0.2, 0.25) is 0 Å². The van der Waals surface area contributed by atoms with Crippen LogP contribution in [0.4, 0.5) is 0 Å². The highest BCUT2D eigenvalue weighted by molar-refractivity contribution is 5.52. The van der Waals surface area contributed by atoms with Crippen LogP contribution < -0.4 is 14.8 Å². The van der Waals surface area contributed by atoms with Crippen molar-refractivity contribution in [1.29, 1.82) is 0 Å². The van der Waals surface area contributed by atoms with E-state index in [1.807, 2.05) is 13.8 Å². The normalized spacial score (nSPS) is 16.7. The highest BCUT2D eigenvalue weighted by Gasteiger charge is 2.24. The number of hydrogen-bond acceptors (Lipinski definition) is 3. The van der Waals surface area contributed by atoms with Crippen LogP contribution in [0, 0.1) is 6.92 Å². The molecular weight excluding hydrogens is 286 g/mol. The summed E-state index contributed by atoms with van der Waals surface area (Å²) >= 11 is 0. The van der Waals surface area contributed by atoms with Gasteiger partial charge in [0.1, 0.15) is 0 Å². The van der Waals surface area contributed by atoms with Gasteiger partial charge in [0, 0.05) is 6.54 Å². The highest BCUT2D eigenvalue weighted by Crippen LogP contribution is 2.38. The molecule has 0 aromatic heterocycles. The molecule has 23 heavy (non-hydrogen) atoms. The van der Waals surface area contributed by atoms with Crippen LogP contribution in [0.25, 0.3) is 0 Å². The number of ether oxygens (including phenoxy) is 2. The molecule has 0 saturated carbocycles. The Morgan fingerprint density at radius 1 is 1.00 bits per heavy atom. The van der Waals surface area contributed by atoms with E-state index >= 15 is 0 Å². The first-order valence-corrected chi connectivity index (χ1v) is 8.45. The van der Waals surface area contributed by atoms with Crippen molar-refractivity contribution in [1.82, 2.24) is 5.32 Å². The van der Waals surface area contributed by atoms with Crippen molar-refractivity contribution >= 4 is 0 Å². The Kier molecular flexibility index (Phi) is 4.87. The number of hydrogen-bond donors (Lipinski definition) is 1. The summed E-state index contributed by atoms with van der Waals surface area (Å²) in [6, 6.07) is 13.1. The largest absolute Gasteiger partial charge is 0.490 e. The third-order valence-corrected chi connectivity index (χ3v) is 4.36. The lowest BCUT2D eigenvalue weighted by molar-refractivity contribution is 0.286. The standard InChI is InChI=1S/C20H25NO2/c1-4-22-18-12-15-10-11-21-20(16-9-7-6-8-14(16)3)17(15)13-19(18)23-5-2/h6-9,12-13,20-21H,4-5,10-11H2,1-3H3. The minimum absolute atomic E-state index is 0.217. The van der Waals surface area contributed by atoms with Crippen molar-refractivity contribution in [3.05, 3.63) is 58.7 Å². The van der Waals surface area contributed by atoms with E-state index in [0.29, 0.717) is 13.2 Å². The van der Waals surface area contributed by atoms with Gasteiger partial charge in [0.2, 0.25) is 0 Å². The summed E-state index contributed by atoms with van der Waals surface area (Å²) in [7, 11) is 0. The monoisotopic (exact) mass is 311 g/mol. The second-order valence-electron chi connectivity index (χ2n) is 5.86. The second-order valence-corrected chi connectivity index (χ2v) is 5.86. The quantitative estimate of drug-likeness (QED) is 0.904. The van der Waals surface area contributed by atoms with Gasteiger partial charge >= 0.3 is 0 Å². The summed E-state index contributed by atoms with van der Waals surface area (Å²) in [5.74, 6) is 1.70.